The molecule has 112 valence electrons. The van der Waals surface area contributed by atoms with Gasteiger partial charge in [-0.2, -0.15) is 18.3 Å². The molecule has 1 atom stereocenters. The van der Waals surface area contributed by atoms with Crippen molar-refractivity contribution >= 4 is 11.8 Å². The number of hydrogen-bond donors (Lipinski definition) is 2. The predicted octanol–water partition coefficient (Wildman–Crippen LogP) is 1.60. The van der Waals surface area contributed by atoms with Gasteiger partial charge < -0.3 is 10.1 Å². The Morgan fingerprint density at radius 1 is 1.55 bits per heavy atom. The quantitative estimate of drug-likeness (QED) is 0.885. The lowest BCUT2D eigenvalue weighted by Gasteiger charge is -2.13. The van der Waals surface area contributed by atoms with Crippen molar-refractivity contribution < 1.29 is 22.7 Å². The normalized spacial score (nSPS) is 19.1. The Morgan fingerprint density at radius 3 is 3.00 bits per heavy atom. The highest BCUT2D eigenvalue weighted by Gasteiger charge is 2.28. The molecule has 0 bridgehead atoms. The van der Waals surface area contributed by atoms with Gasteiger partial charge in [-0.05, 0) is 6.42 Å². The predicted molar refractivity (Wildman–Crippen MR) is 64.2 cm³/mol. The molecule has 2 amide bonds. The van der Waals surface area contributed by atoms with Gasteiger partial charge in [-0.1, -0.05) is 0 Å². The van der Waals surface area contributed by atoms with E-state index in [2.05, 4.69) is 10.4 Å². The van der Waals surface area contributed by atoms with Gasteiger partial charge >= 0.3 is 12.2 Å². The van der Waals surface area contributed by atoms with E-state index in [4.69, 9.17) is 4.74 Å². The number of urea groups is 1. The molecule has 0 radical (unpaired) electrons. The van der Waals surface area contributed by atoms with Gasteiger partial charge in [-0.25, -0.2) is 9.48 Å². The Labute approximate surface area is 113 Å². The molecule has 1 aromatic rings. The van der Waals surface area contributed by atoms with E-state index in [1.807, 2.05) is 0 Å². The highest BCUT2D eigenvalue weighted by atomic mass is 19.4. The smallest absolute Gasteiger partial charge is 0.381 e. The Morgan fingerprint density at radius 2 is 2.35 bits per heavy atom. The van der Waals surface area contributed by atoms with Gasteiger partial charge in [0.25, 0.3) is 0 Å². The van der Waals surface area contributed by atoms with Crippen LogP contribution in [0.5, 0.6) is 0 Å². The molecule has 2 rings (SSSR count). The van der Waals surface area contributed by atoms with E-state index in [0.29, 0.717) is 31.5 Å². The third-order valence-electron chi connectivity index (χ3n) is 2.86. The third kappa shape index (κ3) is 4.41. The standard InChI is InChI=1S/C11H15F3N4O2/c12-11(13,14)7-15-10(19)17-9-1-3-16-18(9)5-8-2-4-20-6-8/h1,3,8H,2,4-7H2,(H2,15,17,19)/t8-/m1/s1. The van der Waals surface area contributed by atoms with E-state index in [0.717, 1.165) is 6.42 Å². The maximum absolute atomic E-state index is 12.0. The highest BCUT2D eigenvalue weighted by molar-refractivity contribution is 5.88. The number of carbonyl (C=O) groups is 1. The summed E-state index contributed by atoms with van der Waals surface area (Å²) in [6.07, 6.45) is -2.05. The summed E-state index contributed by atoms with van der Waals surface area (Å²) in [5.74, 6) is 0.658. The lowest BCUT2D eigenvalue weighted by atomic mass is 10.1. The summed E-state index contributed by atoms with van der Waals surface area (Å²) in [6, 6.07) is 0.620. The molecule has 1 fully saturated rings. The average molecular weight is 292 g/mol. The molecular weight excluding hydrogens is 277 g/mol. The fourth-order valence-electron chi connectivity index (χ4n) is 1.90. The van der Waals surface area contributed by atoms with Crippen molar-refractivity contribution in [3.05, 3.63) is 12.3 Å². The number of hydrogen-bond acceptors (Lipinski definition) is 3. The number of halogens is 3. The first-order valence-corrected chi connectivity index (χ1v) is 6.15. The van der Waals surface area contributed by atoms with Crippen LogP contribution in [0.2, 0.25) is 0 Å². The maximum Gasteiger partial charge on any atom is 0.405 e. The molecule has 1 aliphatic rings. The molecule has 1 saturated heterocycles. The minimum Gasteiger partial charge on any atom is -0.381 e. The Balaban J connectivity index is 1.86. The molecule has 0 unspecified atom stereocenters. The van der Waals surface area contributed by atoms with E-state index in [-0.39, 0.29) is 0 Å². The molecule has 0 aliphatic carbocycles. The van der Waals surface area contributed by atoms with Crippen LogP contribution >= 0.6 is 0 Å². The molecule has 6 nitrogen and oxygen atoms in total. The molecule has 0 saturated carbocycles. The number of alkyl halides is 3. The van der Waals surface area contributed by atoms with E-state index in [1.54, 1.807) is 10.00 Å². The molecule has 0 aromatic carbocycles. The number of amides is 2. The summed E-state index contributed by atoms with van der Waals surface area (Å²) in [7, 11) is 0. The van der Waals surface area contributed by atoms with E-state index in [9.17, 15) is 18.0 Å². The minimum atomic E-state index is -4.43. The zero-order valence-corrected chi connectivity index (χ0v) is 10.6. The first-order chi connectivity index (χ1) is 9.44. The second kappa shape index (κ2) is 6.12. The SMILES string of the molecule is O=C(NCC(F)(F)F)Nc1ccnn1C[C@H]1CCOC1. The zero-order valence-electron chi connectivity index (χ0n) is 10.6. The zero-order chi connectivity index (χ0) is 14.6. The molecule has 9 heteroatoms. The summed E-state index contributed by atoms with van der Waals surface area (Å²) in [5, 5.41) is 8.13. The van der Waals surface area contributed by atoms with Gasteiger partial charge in [-0.15, -0.1) is 0 Å². The Hall–Kier alpha value is -1.77. The topological polar surface area (TPSA) is 68.2 Å². The Bertz CT molecular complexity index is 455. The first-order valence-electron chi connectivity index (χ1n) is 6.15. The van der Waals surface area contributed by atoms with Crippen LogP contribution in [0.15, 0.2) is 12.3 Å². The van der Waals surface area contributed by atoms with E-state index in [1.165, 1.54) is 12.3 Å². The van der Waals surface area contributed by atoms with Crippen LogP contribution in [0, 0.1) is 5.92 Å². The molecule has 2 N–H and O–H groups in total. The largest absolute Gasteiger partial charge is 0.405 e. The molecule has 1 aliphatic heterocycles. The molecule has 0 spiro atoms. The fraction of sp³-hybridized carbons (Fsp3) is 0.636. The van der Waals surface area contributed by atoms with Crippen molar-refractivity contribution in [2.75, 3.05) is 25.1 Å². The number of ether oxygens (including phenoxy) is 1. The number of nitrogens with one attached hydrogen (secondary N) is 2. The van der Waals surface area contributed by atoms with Gasteiger partial charge in [0, 0.05) is 25.1 Å². The number of anilines is 1. The second-order valence-electron chi connectivity index (χ2n) is 4.55. The third-order valence-corrected chi connectivity index (χ3v) is 2.86. The van der Waals surface area contributed by atoms with E-state index >= 15 is 0 Å². The van der Waals surface area contributed by atoms with E-state index < -0.39 is 18.8 Å². The van der Waals surface area contributed by atoms with Crippen molar-refractivity contribution in [1.29, 1.82) is 0 Å². The van der Waals surface area contributed by atoms with Crippen LogP contribution in [-0.4, -0.2) is 41.7 Å². The monoisotopic (exact) mass is 292 g/mol. The molecule has 2 heterocycles. The van der Waals surface area contributed by atoms with Crippen molar-refractivity contribution in [2.24, 2.45) is 5.92 Å². The molecular formula is C11H15F3N4O2. The van der Waals surface area contributed by atoms with Crippen LogP contribution in [0.1, 0.15) is 6.42 Å². The minimum absolute atomic E-state index is 0.300. The van der Waals surface area contributed by atoms with Crippen molar-refractivity contribution in [3.63, 3.8) is 0 Å². The van der Waals surface area contributed by atoms with Gasteiger partial charge in [0.1, 0.15) is 12.4 Å². The Kier molecular flexibility index (Phi) is 4.48. The van der Waals surface area contributed by atoms with Gasteiger partial charge in [0.15, 0.2) is 0 Å². The summed E-state index contributed by atoms with van der Waals surface area (Å²) in [6.45, 7) is 0.506. The van der Waals surface area contributed by atoms with Gasteiger partial charge in [0.05, 0.1) is 12.8 Å². The second-order valence-corrected chi connectivity index (χ2v) is 4.55. The summed E-state index contributed by atoms with van der Waals surface area (Å²) in [4.78, 5) is 11.4. The van der Waals surface area contributed by atoms with Crippen LogP contribution in [-0.2, 0) is 11.3 Å². The molecule has 1 aromatic heterocycles. The molecule has 20 heavy (non-hydrogen) atoms. The number of nitrogens with zero attached hydrogens (tertiary/aromatic N) is 2. The highest BCUT2D eigenvalue weighted by Crippen LogP contribution is 2.17. The van der Waals surface area contributed by atoms with Crippen molar-refractivity contribution in [2.45, 2.75) is 19.1 Å². The number of aromatic nitrogens is 2. The van der Waals surface area contributed by atoms with Crippen molar-refractivity contribution in [1.82, 2.24) is 15.1 Å². The summed E-state index contributed by atoms with van der Waals surface area (Å²) < 4.78 is 42.7. The van der Waals surface area contributed by atoms with Crippen LogP contribution in [0.4, 0.5) is 23.8 Å². The number of rotatable bonds is 4. The average Bonchev–Trinajstić information content (AvgIpc) is 2.99. The van der Waals surface area contributed by atoms with Crippen LogP contribution in [0.25, 0.3) is 0 Å². The summed E-state index contributed by atoms with van der Waals surface area (Å²) >= 11 is 0. The lowest BCUT2D eigenvalue weighted by Crippen LogP contribution is -2.37. The van der Waals surface area contributed by atoms with Gasteiger partial charge in [-0.3, -0.25) is 5.32 Å². The van der Waals surface area contributed by atoms with Crippen LogP contribution < -0.4 is 10.6 Å². The van der Waals surface area contributed by atoms with Crippen molar-refractivity contribution in [3.8, 4) is 0 Å². The summed E-state index contributed by atoms with van der Waals surface area (Å²) in [5.41, 5.74) is 0. The maximum atomic E-state index is 12.0. The lowest BCUT2D eigenvalue weighted by molar-refractivity contribution is -0.122. The van der Waals surface area contributed by atoms with Gasteiger partial charge in [0.2, 0.25) is 0 Å². The fourth-order valence-corrected chi connectivity index (χ4v) is 1.90. The number of carbonyl (C=O) groups excluding carboxylic acids is 1. The van der Waals surface area contributed by atoms with Crippen LogP contribution in [0.3, 0.4) is 0 Å². The first kappa shape index (κ1) is 14.6.